The van der Waals surface area contributed by atoms with Crippen molar-refractivity contribution in [1.82, 2.24) is 9.88 Å². The number of ether oxygens (including phenoxy) is 1. The second-order valence-corrected chi connectivity index (χ2v) is 6.90. The van der Waals surface area contributed by atoms with Gasteiger partial charge in [0, 0.05) is 10.8 Å². The van der Waals surface area contributed by atoms with Crippen molar-refractivity contribution >= 4 is 33.7 Å². The van der Waals surface area contributed by atoms with E-state index in [9.17, 15) is 14.4 Å². The smallest absolute Gasteiger partial charge is 0.341 e. The molecule has 2 heterocycles. The van der Waals surface area contributed by atoms with Gasteiger partial charge in [-0.15, -0.1) is 0 Å². The van der Waals surface area contributed by atoms with Crippen molar-refractivity contribution in [2.45, 2.75) is 20.0 Å². The molecule has 4 rings (SSSR count). The fourth-order valence-corrected chi connectivity index (χ4v) is 3.58. The number of fused-ring (bicyclic) bond motifs is 2. The molecule has 0 saturated carbocycles. The second-order valence-electron chi connectivity index (χ2n) is 6.90. The highest BCUT2D eigenvalue weighted by Gasteiger charge is 2.16. The first kappa shape index (κ1) is 19.4. The molecule has 0 bridgehead atoms. The van der Waals surface area contributed by atoms with Crippen molar-refractivity contribution in [2.75, 3.05) is 7.11 Å². The van der Waals surface area contributed by atoms with Crippen LogP contribution in [0.2, 0.25) is 0 Å². The monoisotopic (exact) mass is 404 g/mol. The van der Waals surface area contributed by atoms with Gasteiger partial charge >= 0.3 is 5.97 Å². The van der Waals surface area contributed by atoms with E-state index in [1.807, 2.05) is 28.8 Å². The van der Waals surface area contributed by atoms with E-state index in [4.69, 9.17) is 9.15 Å². The summed E-state index contributed by atoms with van der Waals surface area (Å²) in [7, 11) is 1.30. The number of hydrogen-bond acceptors (Lipinski definition) is 5. The van der Waals surface area contributed by atoms with E-state index in [-0.39, 0.29) is 24.4 Å². The first-order valence-electron chi connectivity index (χ1n) is 9.44. The summed E-state index contributed by atoms with van der Waals surface area (Å²) < 4.78 is 12.1. The van der Waals surface area contributed by atoms with Gasteiger partial charge in [0.2, 0.25) is 5.91 Å². The first-order valence-corrected chi connectivity index (χ1v) is 9.44. The number of para-hydroxylation sites is 2. The normalized spacial score (nSPS) is 11.0. The largest absolute Gasteiger partial charge is 0.465 e. The lowest BCUT2D eigenvalue weighted by molar-refractivity contribution is -0.121. The molecule has 0 radical (unpaired) electrons. The fraction of sp³-hybridized carbons (Fsp3) is 0.174. The number of benzene rings is 2. The number of furan rings is 1. The minimum absolute atomic E-state index is 0.0326. The van der Waals surface area contributed by atoms with Gasteiger partial charge in [-0.1, -0.05) is 24.3 Å². The minimum Gasteiger partial charge on any atom is -0.465 e. The maximum Gasteiger partial charge on any atom is 0.341 e. The van der Waals surface area contributed by atoms with E-state index in [0.29, 0.717) is 38.9 Å². The van der Waals surface area contributed by atoms with Gasteiger partial charge in [0.25, 0.3) is 0 Å². The SMILES string of the molecule is COC(=O)c1cc(CNC(=O)Cn2c3ccccc3c(=O)c3ccccc32)oc1C. The van der Waals surface area contributed by atoms with Crippen LogP contribution in [0.25, 0.3) is 21.8 Å². The Kier molecular flexibility index (Phi) is 5.10. The Balaban J connectivity index is 1.61. The van der Waals surface area contributed by atoms with Crippen LogP contribution in [-0.2, 0) is 22.6 Å². The zero-order valence-corrected chi connectivity index (χ0v) is 16.6. The summed E-state index contributed by atoms with van der Waals surface area (Å²) in [5.41, 5.74) is 1.66. The van der Waals surface area contributed by atoms with E-state index in [1.165, 1.54) is 7.11 Å². The quantitative estimate of drug-likeness (QED) is 0.408. The summed E-state index contributed by atoms with van der Waals surface area (Å²) >= 11 is 0. The van der Waals surface area contributed by atoms with Crippen LogP contribution in [0, 0.1) is 6.92 Å². The summed E-state index contributed by atoms with van der Waals surface area (Å²) in [4.78, 5) is 37.2. The molecule has 0 fully saturated rings. The summed E-state index contributed by atoms with van der Waals surface area (Å²) in [6.07, 6.45) is 0. The maximum absolute atomic E-state index is 12.8. The molecule has 30 heavy (non-hydrogen) atoms. The van der Waals surface area contributed by atoms with Gasteiger partial charge in [-0.2, -0.15) is 0 Å². The summed E-state index contributed by atoms with van der Waals surface area (Å²) in [5, 5.41) is 3.93. The van der Waals surface area contributed by atoms with Crippen molar-refractivity contribution in [1.29, 1.82) is 0 Å². The highest BCUT2D eigenvalue weighted by atomic mass is 16.5. The zero-order valence-electron chi connectivity index (χ0n) is 16.6. The van der Waals surface area contributed by atoms with Crippen molar-refractivity contribution < 1.29 is 18.7 Å². The van der Waals surface area contributed by atoms with E-state index in [0.717, 1.165) is 0 Å². The van der Waals surface area contributed by atoms with Crippen molar-refractivity contribution in [3.05, 3.63) is 81.9 Å². The number of rotatable bonds is 5. The summed E-state index contributed by atoms with van der Waals surface area (Å²) in [5.74, 6) is 0.155. The molecule has 7 nitrogen and oxygen atoms in total. The number of esters is 1. The summed E-state index contributed by atoms with van der Waals surface area (Å²) in [6, 6.07) is 16.0. The van der Waals surface area contributed by atoms with E-state index >= 15 is 0 Å². The predicted molar refractivity (Wildman–Crippen MR) is 112 cm³/mol. The van der Waals surface area contributed by atoms with Gasteiger partial charge in [-0.3, -0.25) is 9.59 Å². The number of aryl methyl sites for hydroxylation is 1. The average molecular weight is 404 g/mol. The molecule has 1 amide bonds. The molecule has 0 unspecified atom stereocenters. The Labute approximate surface area is 171 Å². The van der Waals surface area contributed by atoms with Crippen LogP contribution in [0.3, 0.4) is 0 Å². The van der Waals surface area contributed by atoms with Crippen LogP contribution >= 0.6 is 0 Å². The second kappa shape index (κ2) is 7.87. The van der Waals surface area contributed by atoms with Crippen LogP contribution in [0.4, 0.5) is 0 Å². The van der Waals surface area contributed by atoms with E-state index in [2.05, 4.69) is 5.32 Å². The minimum atomic E-state index is -0.486. The van der Waals surface area contributed by atoms with Gasteiger partial charge in [0.05, 0.1) is 24.7 Å². The lowest BCUT2D eigenvalue weighted by Crippen LogP contribution is -2.28. The predicted octanol–water partition coefficient (Wildman–Crippen LogP) is 3.16. The number of carbonyl (C=O) groups excluding carboxylic acids is 2. The van der Waals surface area contributed by atoms with E-state index in [1.54, 1.807) is 37.3 Å². The third kappa shape index (κ3) is 3.45. The van der Waals surface area contributed by atoms with Crippen LogP contribution in [0.5, 0.6) is 0 Å². The number of nitrogens with one attached hydrogen (secondary N) is 1. The molecule has 152 valence electrons. The fourth-order valence-electron chi connectivity index (χ4n) is 3.58. The molecule has 0 aliphatic carbocycles. The van der Waals surface area contributed by atoms with Crippen molar-refractivity contribution in [3.63, 3.8) is 0 Å². The first-order chi connectivity index (χ1) is 14.5. The number of carbonyl (C=O) groups is 2. The number of methoxy groups -OCH3 is 1. The van der Waals surface area contributed by atoms with Gasteiger partial charge in [0.1, 0.15) is 23.6 Å². The molecule has 0 saturated heterocycles. The van der Waals surface area contributed by atoms with Gasteiger partial charge in [0.15, 0.2) is 5.43 Å². The third-order valence-electron chi connectivity index (χ3n) is 5.01. The molecule has 2 aromatic carbocycles. The molecule has 7 heteroatoms. The molecule has 0 aliphatic heterocycles. The molecule has 0 spiro atoms. The van der Waals surface area contributed by atoms with Crippen molar-refractivity contribution in [2.24, 2.45) is 0 Å². The number of hydrogen-bond donors (Lipinski definition) is 1. The third-order valence-corrected chi connectivity index (χ3v) is 5.01. The molecular formula is C23H20N2O5. The van der Waals surface area contributed by atoms with Crippen LogP contribution in [0.1, 0.15) is 21.9 Å². The molecule has 4 aromatic rings. The summed E-state index contributed by atoms with van der Waals surface area (Å²) in [6.45, 7) is 1.83. The number of nitrogens with zero attached hydrogens (tertiary/aromatic N) is 1. The Hall–Kier alpha value is -3.87. The van der Waals surface area contributed by atoms with Crippen LogP contribution < -0.4 is 10.7 Å². The van der Waals surface area contributed by atoms with Crippen molar-refractivity contribution in [3.8, 4) is 0 Å². The number of amides is 1. The van der Waals surface area contributed by atoms with E-state index < -0.39 is 5.97 Å². The van der Waals surface area contributed by atoms with Crippen LogP contribution in [0.15, 0.2) is 63.8 Å². The molecule has 1 N–H and O–H groups in total. The molecule has 0 aliphatic rings. The van der Waals surface area contributed by atoms with Crippen LogP contribution in [-0.4, -0.2) is 23.6 Å². The Morgan fingerprint density at radius 3 is 2.23 bits per heavy atom. The lowest BCUT2D eigenvalue weighted by atomic mass is 10.1. The maximum atomic E-state index is 12.8. The molecule has 2 aromatic heterocycles. The molecular weight excluding hydrogens is 384 g/mol. The van der Waals surface area contributed by atoms with Gasteiger partial charge in [-0.05, 0) is 37.3 Å². The Bertz CT molecular complexity index is 1270. The number of pyridine rings is 1. The highest BCUT2D eigenvalue weighted by molar-refractivity contribution is 5.95. The standard InChI is InChI=1S/C23H20N2O5/c1-14-18(23(28)29-2)11-15(30-14)12-24-21(26)13-25-19-9-5-3-7-16(19)22(27)17-8-4-6-10-20(17)25/h3-11H,12-13H2,1-2H3,(H,24,26). The zero-order chi connectivity index (χ0) is 21.3. The average Bonchev–Trinajstić information content (AvgIpc) is 3.15. The molecule has 0 atom stereocenters. The number of aromatic nitrogens is 1. The Morgan fingerprint density at radius 2 is 1.63 bits per heavy atom. The highest BCUT2D eigenvalue weighted by Crippen LogP contribution is 2.19. The van der Waals surface area contributed by atoms with Gasteiger partial charge < -0.3 is 19.0 Å². The topological polar surface area (TPSA) is 90.5 Å². The Morgan fingerprint density at radius 1 is 1.03 bits per heavy atom. The van der Waals surface area contributed by atoms with Gasteiger partial charge in [-0.25, -0.2) is 4.79 Å². The lowest BCUT2D eigenvalue weighted by Gasteiger charge is -2.14.